The van der Waals surface area contributed by atoms with E-state index in [1.807, 2.05) is 29.2 Å². The Kier molecular flexibility index (Phi) is 6.11. The molecule has 1 amide bonds. The number of rotatable bonds is 4. The number of hydrogen-bond donors (Lipinski definition) is 1. The molecule has 1 aromatic rings. The first-order valence-electron chi connectivity index (χ1n) is 9.81. The number of nitrogens with two attached hydrogens (primary N) is 1. The number of ketones is 1. The third-order valence-corrected chi connectivity index (χ3v) is 6.82. The molecule has 4 atom stereocenters. The summed E-state index contributed by atoms with van der Waals surface area (Å²) < 4.78 is 5.15. The Labute approximate surface area is 167 Å². The van der Waals surface area contributed by atoms with Gasteiger partial charge in [-0.15, -0.1) is 12.4 Å². The van der Waals surface area contributed by atoms with Gasteiger partial charge in [0.05, 0.1) is 13.0 Å². The van der Waals surface area contributed by atoms with E-state index in [0.717, 1.165) is 37.0 Å². The number of amides is 1. The Bertz CT molecular complexity index is 683. The Morgan fingerprint density at radius 1 is 1.04 bits per heavy atom. The van der Waals surface area contributed by atoms with E-state index in [4.69, 9.17) is 10.5 Å². The molecule has 4 unspecified atom stereocenters. The van der Waals surface area contributed by atoms with Crippen LogP contribution >= 0.6 is 12.4 Å². The van der Waals surface area contributed by atoms with Crippen LogP contribution in [-0.2, 0) is 4.79 Å². The molecule has 0 aromatic heterocycles. The van der Waals surface area contributed by atoms with E-state index in [0.29, 0.717) is 24.9 Å². The van der Waals surface area contributed by atoms with Crippen LogP contribution in [-0.4, -0.2) is 42.8 Å². The molecule has 1 heterocycles. The van der Waals surface area contributed by atoms with Gasteiger partial charge in [-0.05, 0) is 68.2 Å². The highest BCUT2D eigenvalue weighted by Gasteiger charge is 2.50. The molecule has 27 heavy (non-hydrogen) atoms. The molecule has 5 nitrogen and oxygen atoms in total. The van der Waals surface area contributed by atoms with Gasteiger partial charge < -0.3 is 15.4 Å². The summed E-state index contributed by atoms with van der Waals surface area (Å²) in [5, 5.41) is 0. The van der Waals surface area contributed by atoms with E-state index < -0.39 is 0 Å². The molecule has 0 spiro atoms. The van der Waals surface area contributed by atoms with Crippen molar-refractivity contribution >= 4 is 24.1 Å². The summed E-state index contributed by atoms with van der Waals surface area (Å²) in [6.45, 7) is 1.35. The molecule has 2 saturated carbocycles. The number of halogens is 1. The van der Waals surface area contributed by atoms with Crippen molar-refractivity contribution in [2.45, 2.75) is 38.1 Å². The van der Waals surface area contributed by atoms with Gasteiger partial charge >= 0.3 is 0 Å². The Morgan fingerprint density at radius 3 is 2.22 bits per heavy atom. The van der Waals surface area contributed by atoms with Gasteiger partial charge in [0, 0.05) is 30.6 Å². The maximum absolute atomic E-state index is 13.0. The van der Waals surface area contributed by atoms with E-state index in [2.05, 4.69) is 0 Å². The number of piperidine rings is 1. The molecule has 1 saturated heterocycles. The zero-order valence-electron chi connectivity index (χ0n) is 15.8. The molecule has 1 aliphatic heterocycles. The van der Waals surface area contributed by atoms with Gasteiger partial charge in [-0.3, -0.25) is 9.59 Å². The number of likely N-dealkylation sites (tertiary alicyclic amines) is 1. The SMILES string of the molecule is COc1ccc(C(=O)C2CCN(C(=O)C3C4CCC(C4)C3N)CC2)cc1.Cl. The van der Waals surface area contributed by atoms with Gasteiger partial charge in [-0.1, -0.05) is 0 Å². The Morgan fingerprint density at radius 2 is 1.67 bits per heavy atom. The number of nitrogens with zero attached hydrogens (tertiary/aromatic N) is 1. The van der Waals surface area contributed by atoms with E-state index >= 15 is 0 Å². The lowest BCUT2D eigenvalue weighted by Gasteiger charge is -2.36. The molecule has 1 aromatic carbocycles. The fraction of sp³-hybridized carbons (Fsp3) is 0.619. The lowest BCUT2D eigenvalue weighted by Crippen LogP contribution is -2.49. The largest absolute Gasteiger partial charge is 0.497 e. The highest BCUT2D eigenvalue weighted by atomic mass is 35.5. The highest BCUT2D eigenvalue weighted by Crippen LogP contribution is 2.48. The van der Waals surface area contributed by atoms with Gasteiger partial charge in [0.15, 0.2) is 5.78 Å². The first-order chi connectivity index (χ1) is 12.6. The molecule has 148 valence electrons. The predicted molar refractivity (Wildman–Crippen MR) is 106 cm³/mol. The number of ether oxygens (including phenoxy) is 1. The minimum atomic E-state index is 0. The van der Waals surface area contributed by atoms with Crippen molar-refractivity contribution in [2.24, 2.45) is 29.4 Å². The van der Waals surface area contributed by atoms with Gasteiger partial charge in [0.1, 0.15) is 5.75 Å². The fourth-order valence-electron chi connectivity index (χ4n) is 5.27. The van der Waals surface area contributed by atoms with Gasteiger partial charge in [-0.2, -0.15) is 0 Å². The maximum Gasteiger partial charge on any atom is 0.227 e. The summed E-state index contributed by atoms with van der Waals surface area (Å²) in [6, 6.07) is 7.34. The van der Waals surface area contributed by atoms with Crippen LogP contribution in [0.15, 0.2) is 24.3 Å². The molecule has 6 heteroatoms. The fourth-order valence-corrected chi connectivity index (χ4v) is 5.27. The third kappa shape index (κ3) is 3.72. The number of fused-ring (bicyclic) bond motifs is 2. The summed E-state index contributed by atoms with van der Waals surface area (Å²) in [7, 11) is 1.62. The van der Waals surface area contributed by atoms with Crippen molar-refractivity contribution in [1.82, 2.24) is 4.90 Å². The quantitative estimate of drug-likeness (QED) is 0.799. The van der Waals surface area contributed by atoms with Crippen molar-refractivity contribution in [3.05, 3.63) is 29.8 Å². The van der Waals surface area contributed by atoms with Gasteiger partial charge in [0.2, 0.25) is 5.91 Å². The number of methoxy groups -OCH3 is 1. The summed E-state index contributed by atoms with van der Waals surface area (Å²) >= 11 is 0. The average Bonchev–Trinajstić information content (AvgIpc) is 3.28. The van der Waals surface area contributed by atoms with E-state index in [1.165, 1.54) is 6.42 Å². The summed E-state index contributed by atoms with van der Waals surface area (Å²) in [5.74, 6) is 2.22. The second kappa shape index (κ2) is 8.19. The highest BCUT2D eigenvalue weighted by molar-refractivity contribution is 5.98. The van der Waals surface area contributed by atoms with Crippen molar-refractivity contribution in [2.75, 3.05) is 20.2 Å². The number of Topliss-reactive ketones (excluding diaryl/α,β-unsaturated/α-hetero) is 1. The van der Waals surface area contributed by atoms with Crippen molar-refractivity contribution in [3.63, 3.8) is 0 Å². The molecule has 0 radical (unpaired) electrons. The average molecular weight is 393 g/mol. The molecular formula is C21H29ClN2O3. The van der Waals surface area contributed by atoms with Gasteiger partial charge in [-0.25, -0.2) is 0 Å². The van der Waals surface area contributed by atoms with Crippen LogP contribution in [0.1, 0.15) is 42.5 Å². The van der Waals surface area contributed by atoms with Crippen molar-refractivity contribution in [3.8, 4) is 5.75 Å². The van der Waals surface area contributed by atoms with Crippen LogP contribution < -0.4 is 10.5 Å². The number of benzene rings is 1. The van der Waals surface area contributed by atoms with Crippen LogP contribution in [0.25, 0.3) is 0 Å². The van der Waals surface area contributed by atoms with Crippen molar-refractivity contribution < 1.29 is 14.3 Å². The third-order valence-electron chi connectivity index (χ3n) is 6.82. The Balaban J connectivity index is 0.00000210. The van der Waals surface area contributed by atoms with Gasteiger partial charge in [0.25, 0.3) is 0 Å². The first-order valence-corrected chi connectivity index (χ1v) is 9.81. The van der Waals surface area contributed by atoms with Crippen LogP contribution in [0, 0.1) is 23.7 Å². The summed E-state index contributed by atoms with van der Waals surface area (Å²) in [5.41, 5.74) is 7.06. The number of hydrogen-bond acceptors (Lipinski definition) is 4. The van der Waals surface area contributed by atoms with E-state index in [-0.39, 0.29) is 42.0 Å². The number of carbonyl (C=O) groups excluding carboxylic acids is 2. The first kappa shape index (κ1) is 20.2. The zero-order chi connectivity index (χ0) is 18.3. The molecule has 2 bridgehead atoms. The molecule has 2 N–H and O–H groups in total. The molecule has 2 aliphatic carbocycles. The second-order valence-electron chi connectivity index (χ2n) is 8.13. The zero-order valence-corrected chi connectivity index (χ0v) is 16.6. The van der Waals surface area contributed by atoms with Crippen LogP contribution in [0.4, 0.5) is 0 Å². The minimum absolute atomic E-state index is 0. The van der Waals surface area contributed by atoms with E-state index in [1.54, 1.807) is 7.11 Å². The molecule has 3 fully saturated rings. The van der Waals surface area contributed by atoms with Crippen LogP contribution in [0.3, 0.4) is 0 Å². The smallest absolute Gasteiger partial charge is 0.227 e. The molecule has 4 rings (SSSR count). The lowest BCUT2D eigenvalue weighted by molar-refractivity contribution is -0.139. The molecule has 3 aliphatic rings. The monoisotopic (exact) mass is 392 g/mol. The number of carbonyl (C=O) groups is 2. The molecular weight excluding hydrogens is 364 g/mol. The minimum Gasteiger partial charge on any atom is -0.497 e. The second-order valence-corrected chi connectivity index (χ2v) is 8.13. The Hall–Kier alpha value is -1.59. The summed E-state index contributed by atoms with van der Waals surface area (Å²) in [6.07, 6.45) is 4.96. The van der Waals surface area contributed by atoms with Crippen LogP contribution in [0.2, 0.25) is 0 Å². The lowest BCUT2D eigenvalue weighted by atomic mass is 9.82. The topological polar surface area (TPSA) is 72.6 Å². The maximum atomic E-state index is 13.0. The van der Waals surface area contributed by atoms with E-state index in [9.17, 15) is 9.59 Å². The standard InChI is InChI=1S/C21H28N2O3.ClH/c1-26-17-6-4-13(5-7-17)20(24)14-8-10-23(11-9-14)21(25)18-15-2-3-16(12-15)19(18)22;/h4-7,14-16,18-19H,2-3,8-12,22H2,1H3;1H. The van der Waals surface area contributed by atoms with Crippen LogP contribution in [0.5, 0.6) is 5.75 Å². The van der Waals surface area contributed by atoms with Crippen molar-refractivity contribution in [1.29, 1.82) is 0 Å². The predicted octanol–water partition coefficient (Wildman–Crippen LogP) is 2.91. The summed E-state index contributed by atoms with van der Waals surface area (Å²) in [4.78, 5) is 27.7. The normalized spacial score (nSPS) is 30.1.